The Morgan fingerprint density at radius 3 is 2.41 bits per heavy atom. The quantitative estimate of drug-likeness (QED) is 0.265. The fourth-order valence-corrected chi connectivity index (χ4v) is 5.12. The molecule has 37 heavy (non-hydrogen) atoms. The number of halogens is 1. The number of nitrogens with zero attached hydrogens (tertiary/aromatic N) is 1. The van der Waals surface area contributed by atoms with Gasteiger partial charge in [0.1, 0.15) is 11.9 Å². The second-order valence-corrected chi connectivity index (χ2v) is 10.5. The number of anilines is 1. The topological polar surface area (TPSA) is 91.4 Å². The Morgan fingerprint density at radius 1 is 1.03 bits per heavy atom. The summed E-state index contributed by atoms with van der Waals surface area (Å²) >= 11 is 6.55. The van der Waals surface area contributed by atoms with E-state index in [1.807, 2.05) is 30.3 Å². The fraction of sp³-hybridized carbons (Fsp3) is 0.333. The number of benzene rings is 3. The Labute approximate surface area is 223 Å². The summed E-state index contributed by atoms with van der Waals surface area (Å²) in [7, 11) is 2.11. The van der Waals surface area contributed by atoms with Gasteiger partial charge in [-0.2, -0.15) is 0 Å². The summed E-state index contributed by atoms with van der Waals surface area (Å²) in [5, 5.41) is 12.5. The van der Waals surface area contributed by atoms with Crippen molar-refractivity contribution in [3.63, 3.8) is 0 Å². The number of amides is 1. The molecule has 1 atom stereocenters. The number of nitrogens with two attached hydrogens (primary N) is 1. The monoisotopic (exact) mass is 516 g/mol. The molecule has 0 radical (unpaired) electrons. The van der Waals surface area contributed by atoms with Gasteiger partial charge in [0.15, 0.2) is 0 Å². The number of hydrogen-bond donors (Lipinski definition) is 3. The molecule has 2 fully saturated rings. The number of carbonyl (C=O) groups excluding carboxylic acids is 1. The lowest BCUT2D eigenvalue weighted by Crippen LogP contribution is -2.35. The summed E-state index contributed by atoms with van der Waals surface area (Å²) in [5.74, 6) is 0.908. The zero-order valence-electron chi connectivity index (χ0n) is 21.0. The van der Waals surface area contributed by atoms with Crippen molar-refractivity contribution in [2.75, 3.05) is 25.9 Å². The van der Waals surface area contributed by atoms with Gasteiger partial charge in [0, 0.05) is 35.5 Å². The summed E-state index contributed by atoms with van der Waals surface area (Å²) in [6.45, 7) is 2.00. The van der Waals surface area contributed by atoms with Crippen molar-refractivity contribution < 1.29 is 9.53 Å². The first-order chi connectivity index (χ1) is 17.9. The van der Waals surface area contributed by atoms with E-state index in [-0.39, 0.29) is 23.8 Å². The lowest BCUT2D eigenvalue weighted by Gasteiger charge is -2.29. The number of nitrogens with one attached hydrogen (secondary N) is 2. The second kappa shape index (κ2) is 11.0. The van der Waals surface area contributed by atoms with Gasteiger partial charge < -0.3 is 20.7 Å². The molecule has 3 aromatic carbocycles. The van der Waals surface area contributed by atoms with Crippen molar-refractivity contribution in [1.82, 2.24) is 10.2 Å². The Hall–Kier alpha value is -3.35. The van der Waals surface area contributed by atoms with Crippen LogP contribution in [-0.2, 0) is 0 Å². The molecule has 7 heteroatoms. The maximum Gasteiger partial charge on any atom is 0.251 e. The Morgan fingerprint density at radius 2 is 1.73 bits per heavy atom. The molecule has 0 spiro atoms. The molecule has 0 bridgehead atoms. The smallest absolute Gasteiger partial charge is 0.251 e. The third-order valence-corrected chi connectivity index (χ3v) is 7.60. The van der Waals surface area contributed by atoms with Gasteiger partial charge >= 0.3 is 0 Å². The zero-order valence-corrected chi connectivity index (χ0v) is 21.8. The summed E-state index contributed by atoms with van der Waals surface area (Å²) in [5.41, 5.74) is 9.59. The van der Waals surface area contributed by atoms with E-state index in [0.717, 1.165) is 44.3 Å². The highest BCUT2D eigenvalue weighted by atomic mass is 35.5. The lowest BCUT2D eigenvalue weighted by atomic mass is 9.97. The highest BCUT2D eigenvalue weighted by Crippen LogP contribution is 2.41. The van der Waals surface area contributed by atoms with Crippen LogP contribution in [0.3, 0.4) is 0 Å². The molecule has 1 saturated carbocycles. The van der Waals surface area contributed by atoms with Gasteiger partial charge in [-0.3, -0.25) is 10.2 Å². The van der Waals surface area contributed by atoms with Gasteiger partial charge in [-0.25, -0.2) is 0 Å². The first-order valence-corrected chi connectivity index (χ1v) is 13.3. The molecular formula is C30H33ClN4O2. The minimum atomic E-state index is -0.172. The van der Waals surface area contributed by atoms with Crippen LogP contribution >= 0.6 is 11.6 Å². The SMILES string of the molecule is CN1CCC(Oc2ccc(C(=N)c3cc(C(=O)NC(c4ccccc4)C4CC4)ccc3N)cc2Cl)CC1. The molecule has 6 nitrogen and oxygen atoms in total. The predicted molar refractivity (Wildman–Crippen MR) is 149 cm³/mol. The van der Waals surface area contributed by atoms with E-state index in [1.165, 1.54) is 0 Å². The van der Waals surface area contributed by atoms with E-state index in [0.29, 0.717) is 39.1 Å². The van der Waals surface area contributed by atoms with Crippen molar-refractivity contribution >= 4 is 28.9 Å². The molecule has 2 aliphatic rings. The van der Waals surface area contributed by atoms with Gasteiger partial charge in [-0.15, -0.1) is 0 Å². The third-order valence-electron chi connectivity index (χ3n) is 7.30. The van der Waals surface area contributed by atoms with Crippen LogP contribution in [0.2, 0.25) is 5.02 Å². The van der Waals surface area contributed by atoms with E-state index in [9.17, 15) is 4.79 Å². The normalized spacial score (nSPS) is 17.2. The molecule has 0 aromatic heterocycles. The molecule has 192 valence electrons. The lowest BCUT2D eigenvalue weighted by molar-refractivity contribution is 0.0931. The van der Waals surface area contributed by atoms with Gasteiger partial charge in [-0.1, -0.05) is 41.9 Å². The zero-order chi connectivity index (χ0) is 25.9. The Kier molecular flexibility index (Phi) is 7.49. The molecule has 1 saturated heterocycles. The van der Waals surface area contributed by atoms with Crippen LogP contribution in [0.4, 0.5) is 5.69 Å². The van der Waals surface area contributed by atoms with Gasteiger partial charge in [-0.05, 0) is 80.6 Å². The van der Waals surface area contributed by atoms with Crippen LogP contribution in [0.25, 0.3) is 0 Å². The third kappa shape index (κ3) is 5.97. The Balaban J connectivity index is 1.31. The van der Waals surface area contributed by atoms with Crippen LogP contribution in [-0.4, -0.2) is 42.8 Å². The number of carbonyl (C=O) groups is 1. The Bertz CT molecular complexity index is 1280. The molecule has 3 aromatic rings. The summed E-state index contributed by atoms with van der Waals surface area (Å²) in [6.07, 6.45) is 4.27. The van der Waals surface area contributed by atoms with Crippen LogP contribution in [0.5, 0.6) is 5.75 Å². The van der Waals surface area contributed by atoms with Crippen LogP contribution < -0.4 is 15.8 Å². The highest BCUT2D eigenvalue weighted by molar-refractivity contribution is 6.32. The van der Waals surface area contributed by atoms with Gasteiger partial charge in [0.25, 0.3) is 5.91 Å². The van der Waals surface area contributed by atoms with Crippen LogP contribution in [0, 0.1) is 11.3 Å². The van der Waals surface area contributed by atoms with Gasteiger partial charge in [0.2, 0.25) is 0 Å². The average molecular weight is 517 g/mol. The highest BCUT2D eigenvalue weighted by Gasteiger charge is 2.33. The average Bonchev–Trinajstić information content (AvgIpc) is 3.75. The minimum Gasteiger partial charge on any atom is -0.489 e. The predicted octanol–water partition coefficient (Wildman–Crippen LogP) is 5.69. The molecule has 1 heterocycles. The molecule has 1 aliphatic carbocycles. The molecule has 5 rings (SSSR count). The number of hydrogen-bond acceptors (Lipinski definition) is 5. The second-order valence-electron chi connectivity index (χ2n) is 10.1. The first kappa shape index (κ1) is 25.3. The summed E-state index contributed by atoms with van der Waals surface area (Å²) in [4.78, 5) is 15.5. The number of ether oxygens (including phenoxy) is 1. The van der Waals surface area contributed by atoms with E-state index in [2.05, 4.69) is 29.4 Å². The maximum atomic E-state index is 13.2. The summed E-state index contributed by atoms with van der Waals surface area (Å²) in [6, 6.07) is 20.5. The van der Waals surface area contributed by atoms with E-state index in [1.54, 1.807) is 24.3 Å². The van der Waals surface area contributed by atoms with Crippen molar-refractivity contribution in [1.29, 1.82) is 5.41 Å². The van der Waals surface area contributed by atoms with Crippen molar-refractivity contribution in [3.05, 3.63) is 94.0 Å². The van der Waals surface area contributed by atoms with Crippen LogP contribution in [0.15, 0.2) is 66.7 Å². The summed E-state index contributed by atoms with van der Waals surface area (Å²) < 4.78 is 6.14. The van der Waals surface area contributed by atoms with E-state index in [4.69, 9.17) is 27.5 Å². The van der Waals surface area contributed by atoms with Crippen molar-refractivity contribution in [2.24, 2.45) is 5.92 Å². The van der Waals surface area contributed by atoms with Gasteiger partial charge in [0.05, 0.1) is 16.8 Å². The molecule has 1 aliphatic heterocycles. The van der Waals surface area contributed by atoms with E-state index < -0.39 is 0 Å². The minimum absolute atomic E-state index is 0.0231. The standard InChI is InChI=1S/C30H33ClN4O2/c1-35-15-13-23(14-16-35)37-27-12-10-21(18-25(27)31)28(33)24-17-22(9-11-26(24)32)30(36)34-29(20-7-8-20)19-5-3-2-4-6-19/h2-6,9-12,17-18,20,23,29,33H,7-8,13-16,32H2,1H3,(H,34,36). The molecular weight excluding hydrogens is 484 g/mol. The number of likely N-dealkylation sites (tertiary alicyclic amines) is 1. The molecule has 4 N–H and O–H groups in total. The van der Waals surface area contributed by atoms with Crippen molar-refractivity contribution in [2.45, 2.75) is 37.8 Å². The first-order valence-electron chi connectivity index (χ1n) is 12.9. The number of piperidine rings is 1. The molecule has 1 amide bonds. The molecule has 1 unspecified atom stereocenters. The van der Waals surface area contributed by atoms with E-state index >= 15 is 0 Å². The fourth-order valence-electron chi connectivity index (χ4n) is 4.89. The van der Waals surface area contributed by atoms with Crippen molar-refractivity contribution in [3.8, 4) is 5.75 Å². The van der Waals surface area contributed by atoms with Crippen LogP contribution in [0.1, 0.15) is 58.8 Å². The largest absolute Gasteiger partial charge is 0.489 e. The maximum absolute atomic E-state index is 13.2. The number of rotatable bonds is 8. The number of nitrogen functional groups attached to an aromatic ring is 1.